The maximum Gasteiger partial charge on any atom is 0.194 e. The van der Waals surface area contributed by atoms with Crippen LogP contribution >= 0.6 is 0 Å². The van der Waals surface area contributed by atoms with Gasteiger partial charge in [0.2, 0.25) is 0 Å². The molecule has 0 amide bonds. The van der Waals surface area contributed by atoms with Crippen LogP contribution in [0.1, 0.15) is 57.6 Å². The molecule has 1 rings (SSSR count). The number of rotatable bonds is 8. The van der Waals surface area contributed by atoms with Crippen molar-refractivity contribution in [3.05, 3.63) is 35.1 Å². The second-order valence-corrected chi connectivity index (χ2v) is 5.29. The zero-order chi connectivity index (χ0) is 15.1. The Bertz CT molecular complexity index is 397. The summed E-state index contributed by atoms with van der Waals surface area (Å²) in [5.41, 5.74) is 0.471. The Morgan fingerprint density at radius 3 is 2.15 bits per heavy atom. The Morgan fingerprint density at radius 2 is 1.70 bits per heavy atom. The zero-order valence-electron chi connectivity index (χ0n) is 12.5. The molecule has 114 valence electrons. The van der Waals surface area contributed by atoms with Crippen LogP contribution < -0.4 is 5.32 Å². The quantitative estimate of drug-likeness (QED) is 0.666. The normalized spacial score (nSPS) is 14.3. The highest BCUT2D eigenvalue weighted by Gasteiger charge is 2.19. The third kappa shape index (κ3) is 4.51. The van der Waals surface area contributed by atoms with Crippen LogP contribution in [0.2, 0.25) is 0 Å². The largest absolute Gasteiger partial charge is 0.313 e. The summed E-state index contributed by atoms with van der Waals surface area (Å²) in [4.78, 5) is 0. The lowest BCUT2D eigenvalue weighted by Crippen LogP contribution is -2.20. The van der Waals surface area contributed by atoms with Crippen LogP contribution in [0.3, 0.4) is 0 Å². The third-order valence-corrected chi connectivity index (χ3v) is 3.87. The van der Waals surface area contributed by atoms with E-state index in [-0.39, 0.29) is 6.04 Å². The molecule has 0 spiro atoms. The van der Waals surface area contributed by atoms with E-state index in [9.17, 15) is 13.2 Å². The Hall–Kier alpha value is -1.03. The number of halogens is 3. The Balaban J connectivity index is 2.84. The molecule has 0 bridgehead atoms. The maximum absolute atomic E-state index is 13.3. The molecule has 1 N–H and O–H groups in total. The van der Waals surface area contributed by atoms with Gasteiger partial charge < -0.3 is 5.32 Å². The van der Waals surface area contributed by atoms with E-state index < -0.39 is 17.5 Å². The second-order valence-electron chi connectivity index (χ2n) is 5.29. The van der Waals surface area contributed by atoms with Crippen LogP contribution in [0.25, 0.3) is 0 Å². The van der Waals surface area contributed by atoms with Crippen molar-refractivity contribution >= 4 is 0 Å². The van der Waals surface area contributed by atoms with E-state index in [0.29, 0.717) is 11.5 Å². The fourth-order valence-electron chi connectivity index (χ4n) is 2.51. The highest BCUT2D eigenvalue weighted by Crippen LogP contribution is 2.28. The SMILES string of the molecule is CCCCC(CC)CC(NC)c1cc(F)c(F)c(F)c1. The van der Waals surface area contributed by atoms with Crippen LogP contribution in [-0.2, 0) is 0 Å². The average molecular weight is 287 g/mol. The lowest BCUT2D eigenvalue weighted by molar-refractivity contribution is 0.361. The van der Waals surface area contributed by atoms with Gasteiger partial charge in [-0.1, -0.05) is 39.5 Å². The van der Waals surface area contributed by atoms with E-state index in [1.54, 1.807) is 7.05 Å². The summed E-state index contributed by atoms with van der Waals surface area (Å²) in [7, 11) is 1.76. The summed E-state index contributed by atoms with van der Waals surface area (Å²) in [5, 5.41) is 3.08. The molecule has 0 radical (unpaired) electrons. The number of unbranched alkanes of at least 4 members (excludes halogenated alkanes) is 1. The fraction of sp³-hybridized carbons (Fsp3) is 0.625. The van der Waals surface area contributed by atoms with E-state index in [2.05, 4.69) is 19.2 Å². The van der Waals surface area contributed by atoms with Gasteiger partial charge >= 0.3 is 0 Å². The first-order valence-electron chi connectivity index (χ1n) is 7.35. The summed E-state index contributed by atoms with van der Waals surface area (Å²) < 4.78 is 39.6. The molecule has 0 aliphatic rings. The van der Waals surface area contributed by atoms with Crippen molar-refractivity contribution in [2.45, 2.75) is 52.0 Å². The van der Waals surface area contributed by atoms with Gasteiger partial charge in [-0.2, -0.15) is 0 Å². The standard InChI is InChI=1S/C16H24F3N/c1-4-6-7-11(5-2)8-15(20-3)12-9-13(17)16(19)14(18)10-12/h9-11,15,20H,4-8H2,1-3H3. The average Bonchev–Trinajstić information content (AvgIpc) is 2.44. The van der Waals surface area contributed by atoms with Crippen molar-refractivity contribution < 1.29 is 13.2 Å². The van der Waals surface area contributed by atoms with Gasteiger partial charge in [-0.05, 0) is 37.1 Å². The summed E-state index contributed by atoms with van der Waals surface area (Å²) >= 11 is 0. The van der Waals surface area contributed by atoms with Crippen molar-refractivity contribution in [3.63, 3.8) is 0 Å². The van der Waals surface area contributed by atoms with Crippen molar-refractivity contribution in [3.8, 4) is 0 Å². The first-order valence-corrected chi connectivity index (χ1v) is 7.35. The highest BCUT2D eigenvalue weighted by atomic mass is 19.2. The Labute approximate surface area is 119 Å². The molecular weight excluding hydrogens is 263 g/mol. The lowest BCUT2D eigenvalue weighted by atomic mass is 9.89. The van der Waals surface area contributed by atoms with Gasteiger partial charge in [0, 0.05) is 6.04 Å². The molecule has 2 atom stereocenters. The van der Waals surface area contributed by atoms with Crippen LogP contribution in [0, 0.1) is 23.4 Å². The van der Waals surface area contributed by atoms with E-state index in [0.717, 1.165) is 44.2 Å². The second kappa shape index (κ2) is 8.30. The molecule has 0 saturated carbocycles. The molecule has 0 heterocycles. The summed E-state index contributed by atoms with van der Waals surface area (Å²) in [6.45, 7) is 4.27. The predicted octanol–water partition coefficient (Wildman–Crippen LogP) is 4.97. The van der Waals surface area contributed by atoms with Gasteiger partial charge in [-0.15, -0.1) is 0 Å². The van der Waals surface area contributed by atoms with Gasteiger partial charge in [0.1, 0.15) is 0 Å². The molecule has 0 saturated heterocycles. The molecule has 20 heavy (non-hydrogen) atoms. The molecule has 0 aliphatic heterocycles. The van der Waals surface area contributed by atoms with Crippen molar-refractivity contribution in [2.24, 2.45) is 5.92 Å². The zero-order valence-corrected chi connectivity index (χ0v) is 12.5. The minimum absolute atomic E-state index is 0.151. The van der Waals surface area contributed by atoms with Crippen molar-refractivity contribution in [1.82, 2.24) is 5.32 Å². The van der Waals surface area contributed by atoms with Crippen molar-refractivity contribution in [1.29, 1.82) is 0 Å². The summed E-state index contributed by atoms with van der Waals surface area (Å²) in [6.07, 6.45) is 5.24. The summed E-state index contributed by atoms with van der Waals surface area (Å²) in [6, 6.07) is 2.03. The molecule has 1 nitrogen and oxygen atoms in total. The lowest BCUT2D eigenvalue weighted by Gasteiger charge is -2.23. The van der Waals surface area contributed by atoms with Gasteiger partial charge in [-0.25, -0.2) is 13.2 Å². The molecule has 0 aliphatic carbocycles. The monoisotopic (exact) mass is 287 g/mol. The van der Waals surface area contributed by atoms with Crippen LogP contribution in [0.4, 0.5) is 13.2 Å². The molecule has 1 aromatic carbocycles. The van der Waals surface area contributed by atoms with E-state index in [1.165, 1.54) is 0 Å². The van der Waals surface area contributed by atoms with Gasteiger partial charge in [-0.3, -0.25) is 0 Å². The maximum atomic E-state index is 13.3. The minimum Gasteiger partial charge on any atom is -0.313 e. The number of benzene rings is 1. The first-order chi connectivity index (χ1) is 9.53. The highest BCUT2D eigenvalue weighted by molar-refractivity contribution is 5.22. The smallest absolute Gasteiger partial charge is 0.194 e. The molecular formula is C16H24F3N. The number of hydrogen-bond donors (Lipinski definition) is 1. The molecule has 1 aromatic rings. The molecule has 2 unspecified atom stereocenters. The van der Waals surface area contributed by atoms with Crippen molar-refractivity contribution in [2.75, 3.05) is 7.05 Å². The van der Waals surface area contributed by atoms with Crippen LogP contribution in [-0.4, -0.2) is 7.05 Å². The van der Waals surface area contributed by atoms with Gasteiger partial charge in [0.15, 0.2) is 17.5 Å². The first kappa shape index (κ1) is 17.0. The predicted molar refractivity (Wildman–Crippen MR) is 76.0 cm³/mol. The number of nitrogens with one attached hydrogen (secondary N) is 1. The Kier molecular flexibility index (Phi) is 7.06. The Morgan fingerprint density at radius 1 is 1.10 bits per heavy atom. The topological polar surface area (TPSA) is 12.0 Å². The number of hydrogen-bond acceptors (Lipinski definition) is 1. The molecule has 0 aromatic heterocycles. The minimum atomic E-state index is -1.40. The van der Waals surface area contributed by atoms with Crippen LogP contribution in [0.15, 0.2) is 12.1 Å². The van der Waals surface area contributed by atoms with E-state index in [1.807, 2.05) is 0 Å². The summed E-state index contributed by atoms with van der Waals surface area (Å²) in [5.74, 6) is -3.14. The van der Waals surface area contributed by atoms with E-state index >= 15 is 0 Å². The molecule has 4 heteroatoms. The van der Waals surface area contributed by atoms with Gasteiger partial charge in [0.25, 0.3) is 0 Å². The van der Waals surface area contributed by atoms with E-state index in [4.69, 9.17) is 0 Å². The third-order valence-electron chi connectivity index (χ3n) is 3.87. The van der Waals surface area contributed by atoms with Gasteiger partial charge in [0.05, 0.1) is 0 Å². The fourth-order valence-corrected chi connectivity index (χ4v) is 2.51. The molecule has 0 fully saturated rings. The van der Waals surface area contributed by atoms with Crippen LogP contribution in [0.5, 0.6) is 0 Å².